The van der Waals surface area contributed by atoms with E-state index in [0.717, 1.165) is 6.42 Å². The third-order valence-corrected chi connectivity index (χ3v) is 10.3. The second-order valence-corrected chi connectivity index (χ2v) is 15.2. The van der Waals surface area contributed by atoms with Crippen LogP contribution in [0.5, 0.6) is 0 Å². The van der Waals surface area contributed by atoms with Gasteiger partial charge in [-0.1, -0.05) is 32.4 Å². The molecule has 1 spiro atoms. The number of methoxy groups -OCH3 is 2. The van der Waals surface area contributed by atoms with Crippen LogP contribution in [0.3, 0.4) is 0 Å². The Morgan fingerprint density at radius 2 is 1.76 bits per heavy atom. The van der Waals surface area contributed by atoms with Crippen LogP contribution < -0.4 is 0 Å². The summed E-state index contributed by atoms with van der Waals surface area (Å²) in [6, 6.07) is 0. The minimum atomic E-state index is -0.712. The second-order valence-electron chi connectivity index (χ2n) is 14.1. The number of hydrogen-bond acceptors (Lipinski definition) is 11. The maximum absolute atomic E-state index is 12.9. The maximum Gasteiger partial charge on any atom is 0.313 e. The minimum Gasteiger partial charge on any atom is -0.469 e. The van der Waals surface area contributed by atoms with Crippen molar-refractivity contribution < 1.29 is 47.7 Å². The summed E-state index contributed by atoms with van der Waals surface area (Å²) in [7, 11) is 2.86. The third-order valence-electron chi connectivity index (χ3n) is 9.15. The number of rotatable bonds is 18. The molecule has 0 aromatic heterocycles. The Bertz CT molecular complexity index is 1130. The standard InChI is InChI=1S/C34H52O10S/c1-21(2)12-13-27-33(6,44-27)30-29(40-7)25(14-15-34(30)20-42-34)43-28(38)17-24(36)19-45-18-22(31(39)41-8)16-23(35)10-9-11-26(37)32(3,4)5/h12,22,25,27,29-30H,9-11,13-20H2,1-8H3/t22-,25-,27-,29-,30-,33-,34+/m1/s1. The Hall–Kier alpha value is -2.08. The van der Waals surface area contributed by atoms with Gasteiger partial charge in [-0.15, -0.1) is 0 Å². The van der Waals surface area contributed by atoms with Crippen LogP contribution in [-0.4, -0.2) is 91.1 Å². The fraction of sp³-hybridized carbons (Fsp3) is 0.794. The molecule has 1 aliphatic carbocycles. The zero-order valence-electron chi connectivity index (χ0n) is 28.2. The number of esters is 2. The van der Waals surface area contributed by atoms with E-state index < -0.39 is 47.5 Å². The van der Waals surface area contributed by atoms with Gasteiger partial charge in [0, 0.05) is 37.5 Å². The molecule has 0 aromatic rings. The van der Waals surface area contributed by atoms with Gasteiger partial charge in [0.25, 0.3) is 0 Å². The fourth-order valence-corrected chi connectivity index (χ4v) is 7.37. The van der Waals surface area contributed by atoms with Crippen LogP contribution in [0, 0.1) is 17.3 Å². The number of carbonyl (C=O) groups is 5. The largest absolute Gasteiger partial charge is 0.469 e. The Morgan fingerprint density at radius 3 is 2.33 bits per heavy atom. The van der Waals surface area contributed by atoms with E-state index >= 15 is 0 Å². The van der Waals surface area contributed by atoms with Crippen molar-refractivity contribution in [1.82, 2.24) is 0 Å². The van der Waals surface area contributed by atoms with E-state index in [2.05, 4.69) is 26.8 Å². The highest BCUT2D eigenvalue weighted by Crippen LogP contribution is 2.59. The molecule has 0 unspecified atom stereocenters. The smallest absolute Gasteiger partial charge is 0.313 e. The van der Waals surface area contributed by atoms with Gasteiger partial charge in [0.15, 0.2) is 5.78 Å². The van der Waals surface area contributed by atoms with Gasteiger partial charge in [0.2, 0.25) is 0 Å². The van der Waals surface area contributed by atoms with Crippen molar-refractivity contribution in [2.75, 3.05) is 32.3 Å². The molecule has 0 radical (unpaired) electrons. The number of ether oxygens (including phenoxy) is 5. The summed E-state index contributed by atoms with van der Waals surface area (Å²) < 4.78 is 28.8. The first-order chi connectivity index (χ1) is 21.1. The number of epoxide rings is 2. The molecule has 254 valence electrons. The summed E-state index contributed by atoms with van der Waals surface area (Å²) in [5.74, 6) is -2.15. The molecule has 0 amide bonds. The first kappa shape index (κ1) is 37.4. The van der Waals surface area contributed by atoms with Crippen molar-refractivity contribution >= 4 is 41.1 Å². The first-order valence-corrected chi connectivity index (χ1v) is 17.1. The van der Waals surface area contributed by atoms with E-state index in [9.17, 15) is 24.0 Å². The number of carbonyl (C=O) groups excluding carboxylic acids is 5. The Kier molecular flexibility index (Phi) is 13.0. The summed E-state index contributed by atoms with van der Waals surface area (Å²) in [4.78, 5) is 62.5. The summed E-state index contributed by atoms with van der Waals surface area (Å²) >= 11 is 1.18. The van der Waals surface area contributed by atoms with Crippen LogP contribution in [0.1, 0.15) is 92.9 Å². The average molecular weight is 653 g/mol. The molecule has 3 rings (SSSR count). The third kappa shape index (κ3) is 10.2. The van der Waals surface area contributed by atoms with Gasteiger partial charge in [-0.25, -0.2) is 0 Å². The monoisotopic (exact) mass is 652 g/mol. The molecule has 0 N–H and O–H groups in total. The number of ketones is 3. The van der Waals surface area contributed by atoms with Crippen LogP contribution in [0.4, 0.5) is 0 Å². The van der Waals surface area contributed by atoms with E-state index in [1.54, 1.807) is 7.11 Å². The maximum atomic E-state index is 12.9. The Labute approximate surface area is 272 Å². The molecule has 11 heteroatoms. The van der Waals surface area contributed by atoms with Crippen molar-refractivity contribution in [3.8, 4) is 0 Å². The molecule has 2 heterocycles. The topological polar surface area (TPSA) is 138 Å². The molecular formula is C34H52O10S. The second kappa shape index (κ2) is 15.7. The van der Waals surface area contributed by atoms with E-state index in [1.165, 1.54) is 24.4 Å². The number of allylic oxidation sites excluding steroid dienone is 1. The predicted molar refractivity (Wildman–Crippen MR) is 170 cm³/mol. The van der Waals surface area contributed by atoms with Gasteiger partial charge in [0.1, 0.15) is 41.4 Å². The van der Waals surface area contributed by atoms with E-state index in [-0.39, 0.29) is 59.3 Å². The van der Waals surface area contributed by atoms with Crippen molar-refractivity contribution in [2.24, 2.45) is 17.3 Å². The summed E-state index contributed by atoms with van der Waals surface area (Å²) in [5.41, 5.74) is -0.0273. The highest BCUT2D eigenvalue weighted by molar-refractivity contribution is 7.99. The van der Waals surface area contributed by atoms with Gasteiger partial charge in [-0.2, -0.15) is 11.8 Å². The molecule has 1 saturated carbocycles. The quantitative estimate of drug-likeness (QED) is 0.0871. The van der Waals surface area contributed by atoms with Crippen molar-refractivity contribution in [3.05, 3.63) is 11.6 Å². The lowest BCUT2D eigenvalue weighted by atomic mass is 9.68. The van der Waals surface area contributed by atoms with E-state index in [4.69, 9.17) is 23.7 Å². The number of Topliss-reactive ketones (excluding diaryl/α,β-unsaturated/α-hetero) is 3. The van der Waals surface area contributed by atoms with Gasteiger partial charge >= 0.3 is 11.9 Å². The van der Waals surface area contributed by atoms with E-state index in [0.29, 0.717) is 32.3 Å². The molecule has 7 atom stereocenters. The zero-order chi connectivity index (χ0) is 33.6. The van der Waals surface area contributed by atoms with Gasteiger partial charge in [-0.05, 0) is 46.5 Å². The van der Waals surface area contributed by atoms with Gasteiger partial charge in [-0.3, -0.25) is 24.0 Å². The lowest BCUT2D eigenvalue weighted by Crippen LogP contribution is -2.55. The average Bonchev–Trinajstić information content (AvgIpc) is 3.87. The van der Waals surface area contributed by atoms with Crippen LogP contribution in [0.25, 0.3) is 0 Å². The van der Waals surface area contributed by atoms with Crippen molar-refractivity contribution in [2.45, 2.75) is 122 Å². The van der Waals surface area contributed by atoms with Crippen molar-refractivity contribution in [3.63, 3.8) is 0 Å². The molecule has 2 saturated heterocycles. The lowest BCUT2D eigenvalue weighted by molar-refractivity contribution is -0.172. The zero-order valence-corrected chi connectivity index (χ0v) is 29.0. The Balaban J connectivity index is 1.47. The molecular weight excluding hydrogens is 600 g/mol. The van der Waals surface area contributed by atoms with Crippen LogP contribution >= 0.6 is 11.8 Å². The van der Waals surface area contributed by atoms with Gasteiger partial charge < -0.3 is 23.7 Å². The highest BCUT2D eigenvalue weighted by atomic mass is 32.2. The fourth-order valence-electron chi connectivity index (χ4n) is 6.38. The van der Waals surface area contributed by atoms with Crippen LogP contribution in [-0.2, 0) is 47.7 Å². The number of hydrogen-bond donors (Lipinski definition) is 0. The van der Waals surface area contributed by atoms with E-state index in [1.807, 2.05) is 20.8 Å². The SMILES string of the molecule is COC(=O)[C@@H](CSCC(=O)CC(=O)O[C@@H]1CC[C@]2(CO2)[C@@H]([C@]2(C)O[C@@H]2CC=C(C)C)[C@@H]1OC)CC(=O)CCCC(=O)C(C)(C)C. The van der Waals surface area contributed by atoms with Crippen molar-refractivity contribution in [1.29, 1.82) is 0 Å². The minimum absolute atomic E-state index is 0.00717. The summed E-state index contributed by atoms with van der Waals surface area (Å²) in [6.45, 7) is 12.3. The van der Waals surface area contributed by atoms with Crippen LogP contribution in [0.15, 0.2) is 11.6 Å². The molecule has 3 fully saturated rings. The number of thioether (sulfide) groups is 1. The van der Waals surface area contributed by atoms with Gasteiger partial charge in [0.05, 0.1) is 37.4 Å². The summed E-state index contributed by atoms with van der Waals surface area (Å²) in [5, 5.41) is 0. The summed E-state index contributed by atoms with van der Waals surface area (Å²) in [6.07, 6.45) is 3.83. The molecule has 10 nitrogen and oxygen atoms in total. The molecule has 45 heavy (non-hydrogen) atoms. The molecule has 2 aliphatic heterocycles. The Morgan fingerprint density at radius 1 is 1.07 bits per heavy atom. The lowest BCUT2D eigenvalue weighted by Gasteiger charge is -2.42. The predicted octanol–water partition coefficient (Wildman–Crippen LogP) is 4.83. The molecule has 3 aliphatic rings. The molecule has 0 bridgehead atoms. The molecule has 0 aromatic carbocycles. The highest BCUT2D eigenvalue weighted by Gasteiger charge is 2.72. The first-order valence-electron chi connectivity index (χ1n) is 16.0. The van der Waals surface area contributed by atoms with Crippen LogP contribution in [0.2, 0.25) is 0 Å². The normalized spacial score (nSPS) is 29.4.